The largest absolute Gasteiger partial charge is 0.480 e. The van der Waals surface area contributed by atoms with Crippen molar-refractivity contribution in [2.45, 2.75) is 32.9 Å². The maximum absolute atomic E-state index is 12.3. The minimum atomic E-state index is -1.07. The summed E-state index contributed by atoms with van der Waals surface area (Å²) < 4.78 is 0. The average Bonchev–Trinajstić information content (AvgIpc) is 3.38. The van der Waals surface area contributed by atoms with E-state index in [2.05, 4.69) is 58.9 Å². The maximum atomic E-state index is 12.3. The third-order valence-electron chi connectivity index (χ3n) is 5.93. The molecule has 4 aromatic rings. The van der Waals surface area contributed by atoms with E-state index in [1.54, 1.807) is 23.5 Å². The first kappa shape index (κ1) is 25.1. The number of nitrogens with one attached hydrogen (secondary N) is 1. The molecule has 0 aliphatic rings. The van der Waals surface area contributed by atoms with Crippen molar-refractivity contribution >= 4 is 28.3 Å². The Morgan fingerprint density at radius 1 is 0.972 bits per heavy atom. The van der Waals surface area contributed by atoms with Crippen molar-refractivity contribution in [2.24, 2.45) is 0 Å². The molecule has 0 fully saturated rings. The van der Waals surface area contributed by atoms with E-state index in [0.717, 1.165) is 34.9 Å². The van der Waals surface area contributed by atoms with E-state index in [1.807, 2.05) is 30.3 Å². The van der Waals surface area contributed by atoms with Crippen LogP contribution in [0.15, 0.2) is 84.2 Å². The monoisotopic (exact) mass is 499 g/mol. The van der Waals surface area contributed by atoms with Gasteiger partial charge >= 0.3 is 5.97 Å². The SMILES string of the molecule is Cc1ccc(-c2csc(N(CCc3ccccc3)Cc3ccc(C(=O)NC(C)C(=O)O)cc3)n2)cc1. The van der Waals surface area contributed by atoms with Crippen molar-refractivity contribution in [3.05, 3.63) is 106 Å². The fourth-order valence-electron chi connectivity index (χ4n) is 3.74. The zero-order chi connectivity index (χ0) is 25.5. The predicted molar refractivity (Wildman–Crippen MR) is 144 cm³/mol. The van der Waals surface area contributed by atoms with Crippen LogP contribution in [-0.4, -0.2) is 34.6 Å². The van der Waals surface area contributed by atoms with E-state index in [1.165, 1.54) is 18.1 Å². The van der Waals surface area contributed by atoms with Gasteiger partial charge in [-0.3, -0.25) is 9.59 Å². The van der Waals surface area contributed by atoms with Crippen LogP contribution in [0.5, 0.6) is 0 Å². The lowest BCUT2D eigenvalue weighted by atomic mass is 10.1. The van der Waals surface area contributed by atoms with Crippen LogP contribution in [0.1, 0.15) is 34.0 Å². The van der Waals surface area contributed by atoms with Gasteiger partial charge in [-0.05, 0) is 43.5 Å². The highest BCUT2D eigenvalue weighted by atomic mass is 32.1. The van der Waals surface area contributed by atoms with E-state index in [4.69, 9.17) is 10.1 Å². The molecule has 1 aromatic heterocycles. The van der Waals surface area contributed by atoms with Crippen molar-refractivity contribution < 1.29 is 14.7 Å². The van der Waals surface area contributed by atoms with Gasteiger partial charge in [-0.1, -0.05) is 72.3 Å². The van der Waals surface area contributed by atoms with Gasteiger partial charge in [0.15, 0.2) is 5.13 Å². The minimum absolute atomic E-state index is 0.403. The number of rotatable bonds is 10. The second kappa shape index (κ2) is 11.6. The molecule has 0 aliphatic heterocycles. The molecule has 0 saturated carbocycles. The lowest BCUT2D eigenvalue weighted by Gasteiger charge is -2.22. The van der Waals surface area contributed by atoms with Crippen LogP contribution in [0.2, 0.25) is 0 Å². The third-order valence-corrected chi connectivity index (χ3v) is 6.83. The molecule has 184 valence electrons. The van der Waals surface area contributed by atoms with Crippen LogP contribution >= 0.6 is 11.3 Å². The van der Waals surface area contributed by atoms with Crippen LogP contribution in [0.25, 0.3) is 11.3 Å². The zero-order valence-corrected chi connectivity index (χ0v) is 21.2. The number of hydrogen-bond donors (Lipinski definition) is 2. The van der Waals surface area contributed by atoms with Crippen LogP contribution in [0, 0.1) is 6.92 Å². The van der Waals surface area contributed by atoms with E-state index in [0.29, 0.717) is 12.1 Å². The number of carbonyl (C=O) groups is 2. The number of carboxylic acids is 1. The van der Waals surface area contributed by atoms with Gasteiger partial charge in [-0.15, -0.1) is 11.3 Å². The van der Waals surface area contributed by atoms with Gasteiger partial charge in [0.2, 0.25) is 0 Å². The first-order valence-electron chi connectivity index (χ1n) is 11.8. The summed E-state index contributed by atoms with van der Waals surface area (Å²) in [5, 5.41) is 14.5. The fraction of sp³-hybridized carbons (Fsp3) is 0.207. The molecule has 1 unspecified atom stereocenters. The molecular formula is C29H29N3O3S. The van der Waals surface area contributed by atoms with Crippen molar-refractivity contribution in [2.75, 3.05) is 11.4 Å². The molecule has 1 heterocycles. The van der Waals surface area contributed by atoms with Gasteiger partial charge in [-0.2, -0.15) is 0 Å². The Labute approximate surface area is 215 Å². The van der Waals surface area contributed by atoms with Gasteiger partial charge in [0.1, 0.15) is 6.04 Å². The highest BCUT2D eigenvalue weighted by Crippen LogP contribution is 2.29. The number of thiazole rings is 1. The Kier molecular flexibility index (Phi) is 8.13. The number of aliphatic carboxylic acids is 1. The van der Waals surface area contributed by atoms with Crippen molar-refractivity contribution in [1.82, 2.24) is 10.3 Å². The summed E-state index contributed by atoms with van der Waals surface area (Å²) in [6, 6.07) is 25.1. The van der Waals surface area contributed by atoms with Gasteiger partial charge in [-0.25, -0.2) is 4.98 Å². The summed E-state index contributed by atoms with van der Waals surface area (Å²) in [5.41, 5.74) is 6.00. The molecule has 1 amide bonds. The van der Waals surface area contributed by atoms with E-state index < -0.39 is 17.9 Å². The molecule has 0 saturated heterocycles. The molecule has 4 rings (SSSR count). The molecule has 0 radical (unpaired) electrons. The number of nitrogens with zero attached hydrogens (tertiary/aromatic N) is 2. The second-order valence-electron chi connectivity index (χ2n) is 8.77. The number of benzene rings is 3. The lowest BCUT2D eigenvalue weighted by Crippen LogP contribution is -2.38. The summed E-state index contributed by atoms with van der Waals surface area (Å²) in [4.78, 5) is 30.6. The molecule has 0 bridgehead atoms. The molecule has 7 heteroatoms. The Bertz CT molecular complexity index is 1300. The lowest BCUT2D eigenvalue weighted by molar-refractivity contribution is -0.138. The molecule has 1 atom stereocenters. The highest BCUT2D eigenvalue weighted by Gasteiger charge is 2.16. The minimum Gasteiger partial charge on any atom is -0.480 e. The van der Waals surface area contributed by atoms with Crippen LogP contribution in [0.3, 0.4) is 0 Å². The normalized spacial score (nSPS) is 11.6. The topological polar surface area (TPSA) is 82.5 Å². The number of carboxylic acid groups (broad SMARTS) is 1. The van der Waals surface area contributed by atoms with E-state index in [9.17, 15) is 9.59 Å². The van der Waals surface area contributed by atoms with Crippen molar-refractivity contribution in [1.29, 1.82) is 0 Å². The second-order valence-corrected chi connectivity index (χ2v) is 9.61. The third kappa shape index (κ3) is 6.58. The van der Waals surface area contributed by atoms with Gasteiger partial charge in [0, 0.05) is 29.6 Å². The Morgan fingerprint density at radius 3 is 2.33 bits per heavy atom. The van der Waals surface area contributed by atoms with Gasteiger partial charge < -0.3 is 15.3 Å². The molecule has 0 spiro atoms. The van der Waals surface area contributed by atoms with Crippen LogP contribution in [0.4, 0.5) is 5.13 Å². The van der Waals surface area contributed by atoms with Crippen LogP contribution < -0.4 is 10.2 Å². The van der Waals surface area contributed by atoms with Gasteiger partial charge in [0.05, 0.1) is 5.69 Å². The van der Waals surface area contributed by atoms with E-state index in [-0.39, 0.29) is 0 Å². The molecule has 3 aromatic carbocycles. The van der Waals surface area contributed by atoms with Crippen molar-refractivity contribution in [3.63, 3.8) is 0 Å². The zero-order valence-electron chi connectivity index (χ0n) is 20.3. The molecule has 36 heavy (non-hydrogen) atoms. The Hall–Kier alpha value is -3.97. The molecule has 6 nitrogen and oxygen atoms in total. The summed E-state index contributed by atoms with van der Waals surface area (Å²) in [6.07, 6.45) is 0.883. The first-order chi connectivity index (χ1) is 17.4. The summed E-state index contributed by atoms with van der Waals surface area (Å²) in [7, 11) is 0. The summed E-state index contributed by atoms with van der Waals surface area (Å²) >= 11 is 1.62. The summed E-state index contributed by atoms with van der Waals surface area (Å²) in [6.45, 7) is 4.95. The number of hydrogen-bond acceptors (Lipinski definition) is 5. The number of anilines is 1. The highest BCUT2D eigenvalue weighted by molar-refractivity contribution is 7.14. The van der Waals surface area contributed by atoms with Crippen LogP contribution in [-0.2, 0) is 17.8 Å². The molecule has 0 aliphatic carbocycles. The average molecular weight is 500 g/mol. The summed E-state index contributed by atoms with van der Waals surface area (Å²) in [5.74, 6) is -1.47. The number of amides is 1. The molecule has 2 N–H and O–H groups in total. The van der Waals surface area contributed by atoms with Crippen molar-refractivity contribution in [3.8, 4) is 11.3 Å². The smallest absolute Gasteiger partial charge is 0.325 e. The molecular weight excluding hydrogens is 470 g/mol. The predicted octanol–water partition coefficient (Wildman–Crippen LogP) is 5.57. The Morgan fingerprint density at radius 2 is 1.67 bits per heavy atom. The quantitative estimate of drug-likeness (QED) is 0.298. The van der Waals surface area contributed by atoms with E-state index >= 15 is 0 Å². The van der Waals surface area contributed by atoms with Gasteiger partial charge in [0.25, 0.3) is 5.91 Å². The standard InChI is InChI=1S/C29H29N3O3S/c1-20-8-12-24(13-9-20)26-19-36-29(31-26)32(17-16-22-6-4-3-5-7-22)18-23-10-14-25(15-11-23)27(33)30-21(2)28(34)35/h3-15,19,21H,16-18H2,1-2H3,(H,30,33)(H,34,35). The number of carbonyl (C=O) groups excluding carboxylic acids is 1. The first-order valence-corrected chi connectivity index (χ1v) is 12.7. The number of aromatic nitrogens is 1. The fourth-order valence-corrected chi connectivity index (χ4v) is 4.60. The maximum Gasteiger partial charge on any atom is 0.325 e. The number of aryl methyl sites for hydroxylation is 1. The Balaban J connectivity index is 1.51.